The van der Waals surface area contributed by atoms with E-state index in [4.69, 9.17) is 5.11 Å². The standard InChI is InChI=1S/C11H9NO3S/c13-10-6-16-9-3-1-7(2-4-11(14)15)5-8(9)12-10/h1-5H,6H2,(H,12,13)(H,14,15)/b4-2+. The molecule has 0 saturated carbocycles. The largest absolute Gasteiger partial charge is 0.478 e. The van der Waals surface area contributed by atoms with E-state index in [1.165, 1.54) is 17.8 Å². The van der Waals surface area contributed by atoms with Crippen LogP contribution in [0.5, 0.6) is 0 Å². The number of aliphatic carboxylic acids is 1. The average Bonchev–Trinajstić information content (AvgIpc) is 2.25. The minimum atomic E-state index is -0.990. The highest BCUT2D eigenvalue weighted by Crippen LogP contribution is 2.32. The third kappa shape index (κ3) is 2.43. The highest BCUT2D eigenvalue weighted by atomic mass is 32.2. The lowest BCUT2D eigenvalue weighted by molar-refractivity contribution is -0.131. The van der Waals surface area contributed by atoms with E-state index in [-0.39, 0.29) is 5.91 Å². The summed E-state index contributed by atoms with van der Waals surface area (Å²) in [5.41, 5.74) is 1.50. The Morgan fingerprint density at radius 3 is 3.06 bits per heavy atom. The Labute approximate surface area is 96.4 Å². The van der Waals surface area contributed by atoms with Crippen molar-refractivity contribution in [2.24, 2.45) is 0 Å². The number of carboxylic acids is 1. The van der Waals surface area contributed by atoms with Crippen LogP contribution < -0.4 is 5.32 Å². The monoisotopic (exact) mass is 235 g/mol. The molecule has 4 nitrogen and oxygen atoms in total. The fourth-order valence-corrected chi connectivity index (χ4v) is 2.16. The first-order chi connectivity index (χ1) is 7.65. The number of fused-ring (bicyclic) bond motifs is 1. The zero-order valence-electron chi connectivity index (χ0n) is 8.27. The van der Waals surface area contributed by atoms with Gasteiger partial charge in [-0.1, -0.05) is 6.07 Å². The Bertz CT molecular complexity index is 482. The molecule has 1 heterocycles. The lowest BCUT2D eigenvalue weighted by Crippen LogP contribution is -2.18. The molecule has 0 saturated heterocycles. The quantitative estimate of drug-likeness (QED) is 0.767. The van der Waals surface area contributed by atoms with Gasteiger partial charge < -0.3 is 10.4 Å². The van der Waals surface area contributed by atoms with Crippen LogP contribution in [0.15, 0.2) is 29.2 Å². The summed E-state index contributed by atoms with van der Waals surface area (Å²) >= 11 is 1.48. The van der Waals surface area contributed by atoms with Crippen molar-refractivity contribution in [3.63, 3.8) is 0 Å². The maximum atomic E-state index is 11.2. The van der Waals surface area contributed by atoms with Crippen LogP contribution in [0.1, 0.15) is 5.56 Å². The van der Waals surface area contributed by atoms with Gasteiger partial charge in [0, 0.05) is 11.0 Å². The zero-order chi connectivity index (χ0) is 11.5. The van der Waals surface area contributed by atoms with Crippen molar-refractivity contribution in [2.75, 3.05) is 11.1 Å². The number of carbonyl (C=O) groups excluding carboxylic acids is 1. The van der Waals surface area contributed by atoms with Crippen LogP contribution in [0.4, 0.5) is 5.69 Å². The maximum Gasteiger partial charge on any atom is 0.328 e. The van der Waals surface area contributed by atoms with Crippen molar-refractivity contribution in [1.82, 2.24) is 0 Å². The number of carboxylic acid groups (broad SMARTS) is 1. The van der Waals surface area contributed by atoms with E-state index >= 15 is 0 Å². The van der Waals surface area contributed by atoms with Crippen molar-refractivity contribution in [1.29, 1.82) is 0 Å². The normalized spacial score (nSPS) is 14.6. The highest BCUT2D eigenvalue weighted by Gasteiger charge is 2.14. The van der Waals surface area contributed by atoms with Gasteiger partial charge in [-0.3, -0.25) is 4.79 Å². The molecule has 0 bridgehead atoms. The van der Waals surface area contributed by atoms with Crippen molar-refractivity contribution in [3.8, 4) is 0 Å². The minimum Gasteiger partial charge on any atom is -0.478 e. The highest BCUT2D eigenvalue weighted by molar-refractivity contribution is 8.00. The van der Waals surface area contributed by atoms with E-state index in [9.17, 15) is 9.59 Å². The smallest absolute Gasteiger partial charge is 0.328 e. The first-order valence-corrected chi connectivity index (χ1v) is 5.61. The van der Waals surface area contributed by atoms with Crippen molar-refractivity contribution < 1.29 is 14.7 Å². The lowest BCUT2D eigenvalue weighted by Gasteiger charge is -2.16. The van der Waals surface area contributed by atoms with E-state index in [2.05, 4.69) is 5.32 Å². The molecule has 0 unspecified atom stereocenters. The first kappa shape index (κ1) is 10.8. The number of hydrogen-bond donors (Lipinski definition) is 2. The fraction of sp³-hybridized carbons (Fsp3) is 0.0909. The van der Waals surface area contributed by atoms with E-state index in [1.54, 1.807) is 6.07 Å². The number of amides is 1. The van der Waals surface area contributed by atoms with E-state index < -0.39 is 5.97 Å². The summed E-state index contributed by atoms with van der Waals surface area (Å²) in [7, 11) is 0. The number of carbonyl (C=O) groups is 2. The summed E-state index contributed by atoms with van der Waals surface area (Å²) in [6.07, 6.45) is 2.56. The molecule has 82 valence electrons. The summed E-state index contributed by atoms with van der Waals surface area (Å²) < 4.78 is 0. The summed E-state index contributed by atoms with van der Waals surface area (Å²) in [6.45, 7) is 0. The van der Waals surface area contributed by atoms with Crippen molar-refractivity contribution >= 4 is 35.4 Å². The summed E-state index contributed by atoms with van der Waals surface area (Å²) in [4.78, 5) is 22.5. The Balaban J connectivity index is 2.27. The van der Waals surface area contributed by atoms with Crippen LogP contribution in [0.2, 0.25) is 0 Å². The third-order valence-electron chi connectivity index (χ3n) is 2.05. The van der Waals surface area contributed by atoms with Crippen molar-refractivity contribution in [3.05, 3.63) is 29.8 Å². The van der Waals surface area contributed by atoms with E-state index in [1.807, 2.05) is 12.1 Å². The molecule has 0 fully saturated rings. The van der Waals surface area contributed by atoms with Crippen LogP contribution in [0.25, 0.3) is 6.08 Å². The van der Waals surface area contributed by atoms with Crippen LogP contribution in [-0.2, 0) is 9.59 Å². The van der Waals surface area contributed by atoms with Crippen LogP contribution in [-0.4, -0.2) is 22.7 Å². The SMILES string of the molecule is O=C(O)/C=C/c1ccc2c(c1)NC(=O)CS2. The van der Waals surface area contributed by atoms with Gasteiger partial charge in [0.2, 0.25) is 5.91 Å². The van der Waals surface area contributed by atoms with Crippen LogP contribution >= 0.6 is 11.8 Å². The number of nitrogens with one attached hydrogen (secondary N) is 1. The summed E-state index contributed by atoms with van der Waals surface area (Å²) in [5.74, 6) is -0.592. The fourth-order valence-electron chi connectivity index (χ4n) is 1.37. The van der Waals surface area contributed by atoms with Gasteiger partial charge >= 0.3 is 5.97 Å². The predicted octanol–water partition coefficient (Wildman–Crippen LogP) is 1.83. The first-order valence-electron chi connectivity index (χ1n) is 4.63. The number of thioether (sulfide) groups is 1. The maximum absolute atomic E-state index is 11.2. The molecular weight excluding hydrogens is 226 g/mol. The molecule has 0 aromatic heterocycles. The number of rotatable bonds is 2. The Kier molecular flexibility index (Phi) is 2.96. The average molecular weight is 235 g/mol. The van der Waals surface area contributed by atoms with Crippen molar-refractivity contribution in [2.45, 2.75) is 4.90 Å². The Morgan fingerprint density at radius 2 is 2.31 bits per heavy atom. The number of hydrogen-bond acceptors (Lipinski definition) is 3. The summed E-state index contributed by atoms with van der Waals surface area (Å²) in [5, 5.41) is 11.2. The third-order valence-corrected chi connectivity index (χ3v) is 3.13. The molecule has 1 aliphatic heterocycles. The second-order valence-corrected chi connectivity index (χ2v) is 4.28. The molecule has 0 atom stereocenters. The topological polar surface area (TPSA) is 66.4 Å². The second kappa shape index (κ2) is 4.40. The van der Waals surface area contributed by atoms with Gasteiger partial charge in [-0.15, -0.1) is 11.8 Å². The second-order valence-electron chi connectivity index (χ2n) is 3.26. The number of anilines is 1. The van der Waals surface area contributed by atoms with Crippen LogP contribution in [0.3, 0.4) is 0 Å². The molecule has 16 heavy (non-hydrogen) atoms. The van der Waals surface area contributed by atoms with E-state index in [0.29, 0.717) is 5.75 Å². The Morgan fingerprint density at radius 1 is 1.50 bits per heavy atom. The lowest BCUT2D eigenvalue weighted by atomic mass is 10.2. The van der Waals surface area contributed by atoms with Gasteiger partial charge in [-0.05, 0) is 23.8 Å². The molecule has 2 N–H and O–H groups in total. The van der Waals surface area contributed by atoms with Gasteiger partial charge in [0.15, 0.2) is 0 Å². The predicted molar refractivity (Wildman–Crippen MR) is 62.5 cm³/mol. The molecule has 1 aromatic rings. The molecule has 0 radical (unpaired) electrons. The summed E-state index contributed by atoms with van der Waals surface area (Å²) in [6, 6.07) is 5.46. The molecular formula is C11H9NO3S. The molecule has 5 heteroatoms. The molecule has 1 amide bonds. The zero-order valence-corrected chi connectivity index (χ0v) is 9.08. The number of benzene rings is 1. The Hall–Kier alpha value is -1.75. The van der Waals surface area contributed by atoms with Crippen LogP contribution in [0, 0.1) is 0 Å². The molecule has 1 aliphatic rings. The van der Waals surface area contributed by atoms with Gasteiger partial charge in [0.1, 0.15) is 0 Å². The van der Waals surface area contributed by atoms with Gasteiger partial charge in [-0.2, -0.15) is 0 Å². The molecule has 2 rings (SSSR count). The minimum absolute atomic E-state index is 0.0307. The molecule has 1 aromatic carbocycles. The van der Waals surface area contributed by atoms with Gasteiger partial charge in [-0.25, -0.2) is 4.79 Å². The van der Waals surface area contributed by atoms with Gasteiger partial charge in [0.05, 0.1) is 11.4 Å². The molecule has 0 spiro atoms. The van der Waals surface area contributed by atoms with Gasteiger partial charge in [0.25, 0.3) is 0 Å². The molecule has 0 aliphatic carbocycles. The van der Waals surface area contributed by atoms with E-state index in [0.717, 1.165) is 22.2 Å².